The highest BCUT2D eigenvalue weighted by Crippen LogP contribution is 1.87. The molecular weight excluding hydrogens is 128 g/mol. The van der Waals surface area contributed by atoms with Crippen LogP contribution in [0.1, 0.15) is 13.8 Å². The summed E-state index contributed by atoms with van der Waals surface area (Å²) in [6.07, 6.45) is 0.0334. The summed E-state index contributed by atoms with van der Waals surface area (Å²) in [7, 11) is 0. The fourth-order valence-corrected chi connectivity index (χ4v) is 0.583. The normalized spacial score (nSPS) is 14.5. The lowest BCUT2D eigenvalue weighted by atomic mass is 10.5. The van der Waals surface area contributed by atoms with Crippen LogP contribution < -0.4 is 0 Å². The topological polar surface area (TPSA) is 46.5 Å². The van der Waals surface area contributed by atoms with Gasteiger partial charge in [-0.1, -0.05) is 0 Å². The monoisotopic (exact) mass is 138 g/mol. The fraction of sp³-hybridized carbons (Fsp3) is 1.00. The van der Waals surface area contributed by atoms with Gasteiger partial charge in [-0.2, -0.15) is 0 Å². The molecule has 0 aromatic rings. The minimum atomic E-state index is -1.81. The Bertz CT molecular complexity index is 81.4. The van der Waals surface area contributed by atoms with E-state index in [0.717, 1.165) is 0 Å². The molecule has 0 saturated carbocycles. The second-order valence-corrected chi connectivity index (χ2v) is 2.53. The van der Waals surface area contributed by atoms with Gasteiger partial charge in [-0.3, -0.25) is 0 Å². The molecule has 0 heterocycles. The first-order valence-corrected chi connectivity index (χ1v) is 3.59. The molecule has 50 valence electrons. The molecule has 0 aromatic heterocycles. The molecule has 0 radical (unpaired) electrons. The molecule has 1 atom stereocenters. The zero-order valence-electron chi connectivity index (χ0n) is 4.96. The quantitative estimate of drug-likeness (QED) is 0.580. The third-order valence-electron chi connectivity index (χ3n) is 0.502. The van der Waals surface area contributed by atoms with Crippen molar-refractivity contribution in [3.8, 4) is 0 Å². The van der Waals surface area contributed by atoms with Gasteiger partial charge < -0.3 is 9.29 Å². The first-order chi connectivity index (χ1) is 3.63. The van der Waals surface area contributed by atoms with Gasteiger partial charge in [-0.15, -0.1) is 0 Å². The lowest BCUT2D eigenvalue weighted by Gasteiger charge is -2.02. The van der Waals surface area contributed by atoms with E-state index < -0.39 is 11.1 Å². The van der Waals surface area contributed by atoms with Crippen LogP contribution in [-0.2, 0) is 15.8 Å². The minimum Gasteiger partial charge on any atom is -0.363 e. The van der Waals surface area contributed by atoms with Crippen molar-refractivity contribution in [1.82, 2.24) is 0 Å². The predicted octanol–water partition coefficient (Wildman–Crippen LogP) is 0.591. The van der Waals surface area contributed by atoms with E-state index in [2.05, 4.69) is 0 Å². The smallest absolute Gasteiger partial charge is 0.179 e. The molecule has 0 saturated heterocycles. The Morgan fingerprint density at radius 2 is 2.25 bits per heavy atom. The first kappa shape index (κ1) is 8.07. The molecule has 0 bridgehead atoms. The number of hydrogen-bond donors (Lipinski definition) is 1. The Morgan fingerprint density at radius 1 is 1.75 bits per heavy atom. The highest BCUT2D eigenvalue weighted by atomic mass is 32.2. The van der Waals surface area contributed by atoms with Crippen LogP contribution in [0.2, 0.25) is 0 Å². The maximum Gasteiger partial charge on any atom is 0.179 e. The minimum absolute atomic E-state index is 0.0334. The van der Waals surface area contributed by atoms with Crippen LogP contribution in [0, 0.1) is 0 Å². The van der Waals surface area contributed by atoms with Crippen LogP contribution in [0.4, 0.5) is 0 Å². The van der Waals surface area contributed by atoms with Crippen LogP contribution in [0.15, 0.2) is 0 Å². The summed E-state index contributed by atoms with van der Waals surface area (Å²) in [5.41, 5.74) is 0. The van der Waals surface area contributed by atoms with E-state index in [1.165, 1.54) is 0 Å². The Kier molecular flexibility index (Phi) is 4.03. The van der Waals surface area contributed by atoms with Crippen molar-refractivity contribution in [2.24, 2.45) is 0 Å². The van der Waals surface area contributed by atoms with Crippen molar-refractivity contribution in [3.63, 3.8) is 0 Å². The van der Waals surface area contributed by atoms with Gasteiger partial charge in [0.25, 0.3) is 0 Å². The molecule has 0 rings (SSSR count). The molecule has 4 heteroatoms. The van der Waals surface area contributed by atoms with E-state index >= 15 is 0 Å². The van der Waals surface area contributed by atoms with E-state index in [9.17, 15) is 4.21 Å². The zero-order chi connectivity index (χ0) is 6.57. The first-order valence-electron chi connectivity index (χ1n) is 2.32. The maximum atomic E-state index is 9.89. The fourth-order valence-electron chi connectivity index (χ4n) is 0.194. The lowest BCUT2D eigenvalue weighted by Crippen LogP contribution is -2.07. The molecule has 0 fully saturated rings. The van der Waals surface area contributed by atoms with E-state index in [-0.39, 0.29) is 12.0 Å². The van der Waals surface area contributed by atoms with Gasteiger partial charge in [0.15, 0.2) is 11.1 Å². The third kappa shape index (κ3) is 6.07. The average Bonchev–Trinajstić information content (AvgIpc) is 1.61. The van der Waals surface area contributed by atoms with Crippen molar-refractivity contribution in [2.75, 3.05) is 5.94 Å². The second-order valence-electron chi connectivity index (χ2n) is 1.65. The van der Waals surface area contributed by atoms with Gasteiger partial charge in [-0.25, -0.2) is 4.21 Å². The van der Waals surface area contributed by atoms with Crippen molar-refractivity contribution in [2.45, 2.75) is 20.0 Å². The highest BCUT2D eigenvalue weighted by molar-refractivity contribution is 7.79. The SMILES string of the molecule is CC(C)OCS(=O)O. The van der Waals surface area contributed by atoms with Crippen molar-refractivity contribution >= 4 is 11.1 Å². The summed E-state index contributed by atoms with van der Waals surface area (Å²) < 4.78 is 22.8. The van der Waals surface area contributed by atoms with E-state index in [1.54, 1.807) is 0 Å². The van der Waals surface area contributed by atoms with Crippen LogP contribution in [0.3, 0.4) is 0 Å². The van der Waals surface area contributed by atoms with Crippen LogP contribution in [0.5, 0.6) is 0 Å². The summed E-state index contributed by atoms with van der Waals surface area (Å²) in [5.74, 6) is -0.0856. The van der Waals surface area contributed by atoms with Gasteiger partial charge >= 0.3 is 0 Å². The summed E-state index contributed by atoms with van der Waals surface area (Å²) in [6.45, 7) is 3.62. The second kappa shape index (κ2) is 4.00. The van der Waals surface area contributed by atoms with Gasteiger partial charge in [-0.05, 0) is 13.8 Å². The van der Waals surface area contributed by atoms with Gasteiger partial charge in [0.2, 0.25) is 0 Å². The van der Waals surface area contributed by atoms with Crippen LogP contribution in [-0.4, -0.2) is 20.8 Å². The number of hydrogen-bond acceptors (Lipinski definition) is 2. The van der Waals surface area contributed by atoms with Gasteiger partial charge in [0.1, 0.15) is 5.94 Å². The van der Waals surface area contributed by atoms with E-state index in [1.807, 2.05) is 13.8 Å². The molecule has 8 heavy (non-hydrogen) atoms. The Labute approximate surface area is 51.3 Å². The molecule has 0 aromatic carbocycles. The standard InChI is InChI=1S/C4H10O3S/c1-4(2)7-3-8(5)6/h4H,3H2,1-2H3,(H,5,6). The summed E-state index contributed by atoms with van der Waals surface area (Å²) in [6, 6.07) is 0. The zero-order valence-corrected chi connectivity index (χ0v) is 5.77. The molecule has 0 amide bonds. The Hall–Kier alpha value is 0.0700. The molecule has 1 N–H and O–H groups in total. The summed E-state index contributed by atoms with van der Waals surface area (Å²) >= 11 is -1.81. The van der Waals surface area contributed by atoms with Gasteiger partial charge in [0, 0.05) is 0 Å². The van der Waals surface area contributed by atoms with E-state index in [0.29, 0.717) is 0 Å². The number of rotatable bonds is 3. The molecule has 0 aliphatic heterocycles. The molecule has 0 aliphatic carbocycles. The molecular formula is C4H10O3S. The van der Waals surface area contributed by atoms with Crippen molar-refractivity contribution in [3.05, 3.63) is 0 Å². The Morgan fingerprint density at radius 3 is 2.38 bits per heavy atom. The number of ether oxygens (including phenoxy) is 1. The maximum absolute atomic E-state index is 9.89. The average molecular weight is 138 g/mol. The van der Waals surface area contributed by atoms with Crippen molar-refractivity contribution < 1.29 is 13.5 Å². The Balaban J connectivity index is 3.05. The summed E-state index contributed by atoms with van der Waals surface area (Å²) in [5, 5.41) is 0. The van der Waals surface area contributed by atoms with E-state index in [4.69, 9.17) is 9.29 Å². The molecule has 1 unspecified atom stereocenters. The highest BCUT2D eigenvalue weighted by Gasteiger charge is 1.94. The predicted molar refractivity (Wildman–Crippen MR) is 31.9 cm³/mol. The van der Waals surface area contributed by atoms with Crippen molar-refractivity contribution in [1.29, 1.82) is 0 Å². The van der Waals surface area contributed by atoms with Crippen LogP contribution in [0.25, 0.3) is 0 Å². The molecule has 3 nitrogen and oxygen atoms in total. The molecule has 0 spiro atoms. The molecule has 0 aliphatic rings. The largest absolute Gasteiger partial charge is 0.363 e. The third-order valence-corrected chi connectivity index (χ3v) is 0.840. The van der Waals surface area contributed by atoms with Gasteiger partial charge in [0.05, 0.1) is 6.10 Å². The van der Waals surface area contributed by atoms with Crippen LogP contribution >= 0.6 is 0 Å². The lowest BCUT2D eigenvalue weighted by molar-refractivity contribution is 0.115. The summed E-state index contributed by atoms with van der Waals surface area (Å²) in [4.78, 5) is 0.